The zero-order valence-corrected chi connectivity index (χ0v) is 7.25. The summed E-state index contributed by atoms with van der Waals surface area (Å²) in [6.07, 6.45) is 7.52. The highest BCUT2D eigenvalue weighted by molar-refractivity contribution is 6.19. The molecule has 2 nitrogen and oxygen atoms in total. The Labute approximate surface area is 71.5 Å². The van der Waals surface area contributed by atoms with E-state index in [0.29, 0.717) is 5.88 Å². The molecule has 0 fully saturated rings. The molecule has 0 saturated carbocycles. The van der Waals surface area contributed by atoms with Gasteiger partial charge in [-0.3, -0.25) is 0 Å². The highest BCUT2D eigenvalue weighted by Gasteiger charge is 1.92. The van der Waals surface area contributed by atoms with Crippen LogP contribution in [-0.2, 0) is 6.54 Å². The Hall–Kier alpha value is -0.760. The fourth-order valence-electron chi connectivity index (χ4n) is 0.899. The molecule has 1 aromatic heterocycles. The van der Waals surface area contributed by atoms with Crippen molar-refractivity contribution < 1.29 is 0 Å². The summed E-state index contributed by atoms with van der Waals surface area (Å²) in [6.45, 7) is 3.03. The number of nitrogens with zero attached hydrogens (tertiary/aromatic N) is 2. The van der Waals surface area contributed by atoms with E-state index in [1.54, 1.807) is 0 Å². The van der Waals surface area contributed by atoms with Crippen LogP contribution in [0, 0.1) is 0 Å². The van der Waals surface area contributed by atoms with E-state index in [9.17, 15) is 0 Å². The maximum Gasteiger partial charge on any atom is 0.0950 e. The maximum absolute atomic E-state index is 5.50. The molecule has 0 saturated heterocycles. The number of aromatic nitrogens is 2. The number of allylic oxidation sites excluding steroid dienone is 1. The number of alkyl halides is 1. The van der Waals surface area contributed by atoms with E-state index in [4.69, 9.17) is 11.6 Å². The molecule has 1 heterocycles. The van der Waals surface area contributed by atoms with Crippen LogP contribution in [0.2, 0.25) is 0 Å². The topological polar surface area (TPSA) is 17.8 Å². The quantitative estimate of drug-likeness (QED) is 0.636. The molecule has 11 heavy (non-hydrogen) atoms. The Morgan fingerprint density at radius 3 is 3.18 bits per heavy atom. The van der Waals surface area contributed by atoms with Crippen LogP contribution in [0.3, 0.4) is 0 Å². The molecule has 0 spiro atoms. The van der Waals surface area contributed by atoms with Crippen molar-refractivity contribution in [2.24, 2.45) is 0 Å². The largest absolute Gasteiger partial charge is 0.331 e. The van der Waals surface area contributed by atoms with Gasteiger partial charge in [-0.1, -0.05) is 6.08 Å². The monoisotopic (exact) mass is 170 g/mol. The van der Waals surface area contributed by atoms with Crippen LogP contribution in [0.5, 0.6) is 0 Å². The Morgan fingerprint density at radius 2 is 2.55 bits per heavy atom. The molecule has 0 radical (unpaired) electrons. The van der Waals surface area contributed by atoms with Crippen LogP contribution >= 0.6 is 11.6 Å². The Bertz CT molecular complexity index is 240. The number of halogens is 1. The lowest BCUT2D eigenvalue weighted by molar-refractivity contribution is 0.754. The standard InChI is InChI=1S/C8H11ClN2/c1-2-11-7-10-6-8(11)4-3-5-9/h3-4,6-7H,2,5H2,1H3. The van der Waals surface area contributed by atoms with E-state index in [1.807, 2.05) is 24.7 Å². The van der Waals surface area contributed by atoms with Crippen LogP contribution < -0.4 is 0 Å². The first-order valence-corrected chi connectivity index (χ1v) is 4.14. The van der Waals surface area contributed by atoms with Gasteiger partial charge in [-0.15, -0.1) is 11.6 Å². The predicted octanol–water partition coefficient (Wildman–Crippen LogP) is 2.16. The van der Waals surface area contributed by atoms with Gasteiger partial charge in [0.2, 0.25) is 0 Å². The summed E-state index contributed by atoms with van der Waals surface area (Å²) < 4.78 is 2.06. The fraction of sp³-hybridized carbons (Fsp3) is 0.375. The van der Waals surface area contributed by atoms with Crippen molar-refractivity contribution in [3.05, 3.63) is 24.3 Å². The number of hydrogen-bond donors (Lipinski definition) is 0. The van der Waals surface area contributed by atoms with Gasteiger partial charge in [0.15, 0.2) is 0 Å². The summed E-state index contributed by atoms with van der Waals surface area (Å²) in [5.41, 5.74) is 1.10. The van der Waals surface area contributed by atoms with Crippen LogP contribution in [0.1, 0.15) is 12.6 Å². The second-order valence-corrected chi connectivity index (χ2v) is 2.47. The lowest BCUT2D eigenvalue weighted by Gasteiger charge is -1.97. The number of aryl methyl sites for hydroxylation is 1. The summed E-state index contributed by atoms with van der Waals surface area (Å²) in [7, 11) is 0. The Kier molecular flexibility index (Phi) is 3.17. The van der Waals surface area contributed by atoms with Crippen molar-refractivity contribution in [2.45, 2.75) is 13.5 Å². The number of rotatable bonds is 3. The average Bonchev–Trinajstić information content (AvgIpc) is 2.47. The van der Waals surface area contributed by atoms with Crippen molar-refractivity contribution in [1.82, 2.24) is 9.55 Å². The molecule has 0 aliphatic heterocycles. The second-order valence-electron chi connectivity index (χ2n) is 2.16. The van der Waals surface area contributed by atoms with Crippen LogP contribution in [-0.4, -0.2) is 15.4 Å². The number of hydrogen-bond acceptors (Lipinski definition) is 1. The van der Waals surface area contributed by atoms with Gasteiger partial charge in [0, 0.05) is 12.4 Å². The molecule has 0 unspecified atom stereocenters. The van der Waals surface area contributed by atoms with Crippen LogP contribution in [0.15, 0.2) is 18.6 Å². The normalized spacial score (nSPS) is 11.1. The van der Waals surface area contributed by atoms with Crippen molar-refractivity contribution in [3.8, 4) is 0 Å². The molecule has 1 rings (SSSR count). The third-order valence-corrected chi connectivity index (χ3v) is 1.64. The first kappa shape index (κ1) is 8.34. The third-order valence-electron chi connectivity index (χ3n) is 1.46. The van der Waals surface area contributed by atoms with Gasteiger partial charge < -0.3 is 4.57 Å². The minimum absolute atomic E-state index is 0.550. The molecule has 0 aliphatic carbocycles. The van der Waals surface area contributed by atoms with Crippen molar-refractivity contribution in [3.63, 3.8) is 0 Å². The zero-order valence-electron chi connectivity index (χ0n) is 6.50. The van der Waals surface area contributed by atoms with Crippen LogP contribution in [0.4, 0.5) is 0 Å². The Morgan fingerprint density at radius 1 is 1.73 bits per heavy atom. The third kappa shape index (κ3) is 2.09. The molecule has 0 bridgehead atoms. The van der Waals surface area contributed by atoms with E-state index in [2.05, 4.69) is 16.5 Å². The van der Waals surface area contributed by atoms with Gasteiger partial charge in [-0.25, -0.2) is 4.98 Å². The molecule has 0 amide bonds. The van der Waals surface area contributed by atoms with Gasteiger partial charge in [0.1, 0.15) is 0 Å². The predicted molar refractivity (Wildman–Crippen MR) is 47.7 cm³/mol. The van der Waals surface area contributed by atoms with Gasteiger partial charge in [-0.05, 0) is 13.0 Å². The van der Waals surface area contributed by atoms with E-state index < -0.39 is 0 Å². The minimum Gasteiger partial charge on any atom is -0.331 e. The van der Waals surface area contributed by atoms with Gasteiger partial charge in [0.25, 0.3) is 0 Å². The summed E-state index contributed by atoms with van der Waals surface area (Å²) in [5, 5.41) is 0. The highest BCUT2D eigenvalue weighted by atomic mass is 35.5. The zero-order chi connectivity index (χ0) is 8.10. The van der Waals surface area contributed by atoms with Crippen molar-refractivity contribution in [2.75, 3.05) is 5.88 Å². The lowest BCUT2D eigenvalue weighted by Crippen LogP contribution is -1.93. The molecule has 3 heteroatoms. The molecular formula is C8H11ClN2. The minimum atomic E-state index is 0.550. The molecule has 0 atom stereocenters. The van der Waals surface area contributed by atoms with E-state index in [-0.39, 0.29) is 0 Å². The first-order chi connectivity index (χ1) is 5.38. The van der Waals surface area contributed by atoms with Gasteiger partial charge in [-0.2, -0.15) is 0 Å². The van der Waals surface area contributed by atoms with E-state index in [0.717, 1.165) is 12.2 Å². The summed E-state index contributed by atoms with van der Waals surface area (Å²) in [6, 6.07) is 0. The van der Waals surface area contributed by atoms with Gasteiger partial charge >= 0.3 is 0 Å². The highest BCUT2D eigenvalue weighted by Crippen LogP contribution is 2.01. The van der Waals surface area contributed by atoms with Crippen molar-refractivity contribution in [1.29, 1.82) is 0 Å². The molecular weight excluding hydrogens is 160 g/mol. The maximum atomic E-state index is 5.50. The van der Waals surface area contributed by atoms with E-state index in [1.165, 1.54) is 0 Å². The summed E-state index contributed by atoms with van der Waals surface area (Å²) in [5.74, 6) is 0.550. The van der Waals surface area contributed by atoms with Crippen molar-refractivity contribution >= 4 is 17.7 Å². The first-order valence-electron chi connectivity index (χ1n) is 3.61. The molecule has 0 aromatic carbocycles. The van der Waals surface area contributed by atoms with E-state index >= 15 is 0 Å². The SMILES string of the molecule is CCn1cncc1C=CCCl. The fourth-order valence-corrected chi connectivity index (χ4v) is 0.988. The summed E-state index contributed by atoms with van der Waals surface area (Å²) in [4.78, 5) is 4.01. The lowest BCUT2D eigenvalue weighted by atomic mass is 10.4. The molecule has 0 N–H and O–H groups in total. The number of imidazole rings is 1. The summed E-state index contributed by atoms with van der Waals surface area (Å²) >= 11 is 5.50. The smallest absolute Gasteiger partial charge is 0.0950 e. The second kappa shape index (κ2) is 4.19. The molecule has 1 aromatic rings. The van der Waals surface area contributed by atoms with Crippen LogP contribution in [0.25, 0.3) is 6.08 Å². The molecule has 0 aliphatic rings. The Balaban J connectivity index is 2.76. The van der Waals surface area contributed by atoms with Gasteiger partial charge in [0.05, 0.1) is 18.2 Å². The molecule has 60 valence electrons. The average molecular weight is 171 g/mol.